The number of fused-ring (bicyclic) bond motifs is 1. The van der Waals surface area contributed by atoms with E-state index in [0.29, 0.717) is 30.1 Å². The van der Waals surface area contributed by atoms with Crippen molar-refractivity contribution >= 4 is 11.6 Å². The summed E-state index contributed by atoms with van der Waals surface area (Å²) >= 11 is 0. The molecule has 0 amide bonds. The van der Waals surface area contributed by atoms with Crippen LogP contribution in [0.5, 0.6) is 0 Å². The van der Waals surface area contributed by atoms with Crippen molar-refractivity contribution in [3.05, 3.63) is 35.3 Å². The van der Waals surface area contributed by atoms with Crippen molar-refractivity contribution in [2.45, 2.75) is 56.5 Å². The molecule has 1 aliphatic carbocycles. The van der Waals surface area contributed by atoms with Gasteiger partial charge in [0.05, 0.1) is 17.4 Å². The number of hydrogen-bond acceptors (Lipinski definition) is 4. The molecule has 1 aliphatic heterocycles. The minimum Gasteiger partial charge on any atom is -0.476 e. The molecule has 1 N–H and O–H groups in total. The van der Waals surface area contributed by atoms with Gasteiger partial charge in [-0.15, -0.1) is 0 Å². The predicted molar refractivity (Wildman–Crippen MR) is 90.7 cm³/mol. The van der Waals surface area contributed by atoms with Gasteiger partial charge >= 0.3 is 5.97 Å². The van der Waals surface area contributed by atoms with Crippen molar-refractivity contribution in [1.29, 1.82) is 5.26 Å². The van der Waals surface area contributed by atoms with Gasteiger partial charge in [-0.3, -0.25) is 0 Å². The molecule has 0 unspecified atom stereocenters. The normalized spacial score (nSPS) is 24.0. The second-order valence-electron chi connectivity index (χ2n) is 7.79. The number of nitriles is 1. The summed E-state index contributed by atoms with van der Waals surface area (Å²) in [5.41, 5.74) is 1.44. The summed E-state index contributed by atoms with van der Waals surface area (Å²) in [6.45, 7) is 4.91. The van der Waals surface area contributed by atoms with E-state index in [2.05, 4.69) is 24.9 Å². The molecular formula is C19H21N3O3. The Kier molecular flexibility index (Phi) is 3.41. The summed E-state index contributed by atoms with van der Waals surface area (Å²) in [5.74, 6) is -0.706. The van der Waals surface area contributed by atoms with E-state index in [1.807, 2.05) is 18.3 Å². The summed E-state index contributed by atoms with van der Waals surface area (Å²) in [6, 6.07) is 6.29. The Labute approximate surface area is 146 Å². The van der Waals surface area contributed by atoms with Crippen LogP contribution in [0.1, 0.15) is 67.2 Å². The fourth-order valence-corrected chi connectivity index (χ4v) is 3.96. The number of pyridine rings is 1. The van der Waals surface area contributed by atoms with Crippen molar-refractivity contribution in [2.24, 2.45) is 0 Å². The first kappa shape index (κ1) is 16.1. The third-order valence-electron chi connectivity index (χ3n) is 5.44. The third-order valence-corrected chi connectivity index (χ3v) is 5.44. The number of rotatable bonds is 3. The molecule has 0 bridgehead atoms. The molecule has 2 aromatic heterocycles. The van der Waals surface area contributed by atoms with Crippen LogP contribution in [0.3, 0.4) is 0 Å². The van der Waals surface area contributed by atoms with E-state index in [0.717, 1.165) is 25.0 Å². The quantitative estimate of drug-likeness (QED) is 0.927. The van der Waals surface area contributed by atoms with Gasteiger partial charge in [-0.1, -0.05) is 0 Å². The molecule has 6 heteroatoms. The minimum absolute atomic E-state index is 0.00325. The van der Waals surface area contributed by atoms with Crippen LogP contribution in [0, 0.1) is 11.3 Å². The van der Waals surface area contributed by atoms with Crippen LogP contribution >= 0.6 is 0 Å². The molecule has 2 aromatic rings. The van der Waals surface area contributed by atoms with E-state index in [4.69, 9.17) is 4.74 Å². The second-order valence-corrected chi connectivity index (χ2v) is 7.79. The predicted octanol–water partition coefficient (Wildman–Crippen LogP) is 3.26. The lowest BCUT2D eigenvalue weighted by atomic mass is 9.84. The maximum absolute atomic E-state index is 11.7. The molecular weight excluding hydrogens is 318 g/mol. The lowest BCUT2D eigenvalue weighted by molar-refractivity contribution is -0.0593. The van der Waals surface area contributed by atoms with Gasteiger partial charge in [0.1, 0.15) is 11.1 Å². The Morgan fingerprint density at radius 1 is 1.48 bits per heavy atom. The van der Waals surface area contributed by atoms with E-state index in [1.165, 1.54) is 0 Å². The topological polar surface area (TPSA) is 87.6 Å². The Morgan fingerprint density at radius 3 is 2.84 bits per heavy atom. The summed E-state index contributed by atoms with van der Waals surface area (Å²) in [4.78, 5) is 16.0. The zero-order chi connectivity index (χ0) is 17.8. The SMILES string of the molecule is CC1(C)C[C@H](c2ccn3c(C4(C#N)CC4)c(C(=O)O)nc3c2)CCO1. The van der Waals surface area contributed by atoms with Crippen molar-refractivity contribution in [2.75, 3.05) is 6.61 Å². The van der Waals surface area contributed by atoms with Crippen LogP contribution in [0.15, 0.2) is 18.3 Å². The van der Waals surface area contributed by atoms with Gasteiger partial charge in [-0.25, -0.2) is 9.78 Å². The lowest BCUT2D eigenvalue weighted by Gasteiger charge is -2.35. The maximum atomic E-state index is 11.7. The zero-order valence-electron chi connectivity index (χ0n) is 14.5. The molecule has 130 valence electrons. The van der Waals surface area contributed by atoms with Gasteiger partial charge < -0.3 is 14.2 Å². The molecule has 4 rings (SSSR count). The van der Waals surface area contributed by atoms with Crippen LogP contribution < -0.4 is 0 Å². The van der Waals surface area contributed by atoms with Gasteiger partial charge in [0.2, 0.25) is 0 Å². The minimum atomic E-state index is -1.08. The van der Waals surface area contributed by atoms with Crippen molar-refractivity contribution < 1.29 is 14.6 Å². The summed E-state index contributed by atoms with van der Waals surface area (Å²) in [5, 5.41) is 19.1. The second kappa shape index (κ2) is 5.30. The molecule has 25 heavy (non-hydrogen) atoms. The molecule has 0 aromatic carbocycles. The van der Waals surface area contributed by atoms with Crippen molar-refractivity contribution in [1.82, 2.24) is 9.38 Å². The highest BCUT2D eigenvalue weighted by atomic mass is 16.5. The van der Waals surface area contributed by atoms with Crippen LogP contribution in [0.4, 0.5) is 0 Å². The van der Waals surface area contributed by atoms with Gasteiger partial charge in [-0.05, 0) is 63.1 Å². The van der Waals surface area contributed by atoms with Gasteiger partial charge in [0.15, 0.2) is 5.69 Å². The fourth-order valence-electron chi connectivity index (χ4n) is 3.96. The Hall–Kier alpha value is -2.39. The van der Waals surface area contributed by atoms with E-state index < -0.39 is 11.4 Å². The smallest absolute Gasteiger partial charge is 0.356 e. The lowest BCUT2D eigenvalue weighted by Crippen LogP contribution is -2.33. The number of nitrogens with zero attached hydrogens (tertiary/aromatic N) is 3. The number of aromatic nitrogens is 2. The number of aromatic carboxylic acids is 1. The van der Waals surface area contributed by atoms with Crippen molar-refractivity contribution in [3.8, 4) is 6.07 Å². The molecule has 6 nitrogen and oxygen atoms in total. The summed E-state index contributed by atoms with van der Waals surface area (Å²) in [7, 11) is 0. The summed E-state index contributed by atoms with van der Waals surface area (Å²) < 4.78 is 7.58. The number of ether oxygens (including phenoxy) is 1. The highest BCUT2D eigenvalue weighted by molar-refractivity contribution is 5.89. The number of carboxylic acid groups (broad SMARTS) is 1. The Balaban J connectivity index is 1.80. The molecule has 2 aliphatic rings. The number of carbonyl (C=O) groups is 1. The number of hydrogen-bond donors (Lipinski definition) is 1. The fraction of sp³-hybridized carbons (Fsp3) is 0.526. The van der Waals surface area contributed by atoms with Gasteiger partial charge in [-0.2, -0.15) is 5.26 Å². The zero-order valence-corrected chi connectivity index (χ0v) is 14.5. The molecule has 0 radical (unpaired) electrons. The number of imidazole rings is 1. The largest absolute Gasteiger partial charge is 0.476 e. The highest BCUT2D eigenvalue weighted by Crippen LogP contribution is 2.49. The molecule has 1 saturated carbocycles. The standard InChI is InChI=1S/C19H21N3O3/c1-18(2)10-13(4-8-25-18)12-3-7-22-14(9-12)21-15(17(23)24)16(22)19(11-20)5-6-19/h3,7,9,13H,4-6,8,10H2,1-2H3,(H,23,24)/t13-/m1/s1. The first-order chi connectivity index (χ1) is 11.9. The molecule has 0 spiro atoms. The van der Waals surface area contributed by atoms with Crippen LogP contribution in [0.25, 0.3) is 5.65 Å². The van der Waals surface area contributed by atoms with Gasteiger partial charge in [0.25, 0.3) is 0 Å². The van der Waals surface area contributed by atoms with E-state index in [-0.39, 0.29) is 11.3 Å². The maximum Gasteiger partial charge on any atom is 0.356 e. The average molecular weight is 339 g/mol. The average Bonchev–Trinajstić information content (AvgIpc) is 3.26. The molecule has 1 atom stereocenters. The van der Waals surface area contributed by atoms with Crippen LogP contribution in [-0.2, 0) is 10.2 Å². The molecule has 1 saturated heterocycles. The first-order valence-corrected chi connectivity index (χ1v) is 8.66. The highest BCUT2D eigenvalue weighted by Gasteiger charge is 2.50. The Bertz CT molecular complexity index is 903. The van der Waals surface area contributed by atoms with Crippen LogP contribution in [0.2, 0.25) is 0 Å². The van der Waals surface area contributed by atoms with E-state index in [9.17, 15) is 15.2 Å². The Morgan fingerprint density at radius 2 is 2.24 bits per heavy atom. The third kappa shape index (κ3) is 2.59. The molecule has 3 heterocycles. The van der Waals surface area contributed by atoms with E-state index >= 15 is 0 Å². The van der Waals surface area contributed by atoms with Crippen molar-refractivity contribution in [3.63, 3.8) is 0 Å². The van der Waals surface area contributed by atoms with E-state index in [1.54, 1.807) is 4.40 Å². The number of carboxylic acids is 1. The summed E-state index contributed by atoms with van der Waals surface area (Å²) in [6.07, 6.45) is 5.12. The van der Waals surface area contributed by atoms with Gasteiger partial charge in [0, 0.05) is 12.8 Å². The first-order valence-electron chi connectivity index (χ1n) is 8.66. The van der Waals surface area contributed by atoms with Crippen LogP contribution in [-0.4, -0.2) is 32.7 Å². The monoisotopic (exact) mass is 339 g/mol. The molecule has 2 fully saturated rings.